The summed E-state index contributed by atoms with van der Waals surface area (Å²) in [6, 6.07) is 7.71. The van der Waals surface area contributed by atoms with Gasteiger partial charge < -0.3 is 14.2 Å². The lowest BCUT2D eigenvalue weighted by molar-refractivity contribution is -0.141. The number of nitrogens with zero attached hydrogens (tertiary/aromatic N) is 3. The first-order valence-corrected chi connectivity index (χ1v) is 11.2. The molecule has 2 saturated heterocycles. The average molecular weight is 430 g/mol. The Bertz CT molecular complexity index is 897. The zero-order chi connectivity index (χ0) is 20.9. The molecule has 0 radical (unpaired) electrons. The van der Waals surface area contributed by atoms with Gasteiger partial charge >= 0.3 is 0 Å². The lowest BCUT2D eigenvalue weighted by Gasteiger charge is -2.33. The van der Waals surface area contributed by atoms with Crippen LogP contribution in [0, 0.1) is 0 Å². The maximum atomic E-state index is 12.9. The summed E-state index contributed by atoms with van der Waals surface area (Å²) in [4.78, 5) is 33.1. The van der Waals surface area contributed by atoms with Crippen LogP contribution in [0.3, 0.4) is 0 Å². The largest absolute Gasteiger partial charge is 0.445 e. The Hall–Kier alpha value is -2.34. The summed E-state index contributed by atoms with van der Waals surface area (Å²) in [5, 5.41) is 0.716. The summed E-state index contributed by atoms with van der Waals surface area (Å²) in [6.07, 6.45) is 7.73. The van der Waals surface area contributed by atoms with Crippen molar-refractivity contribution in [2.75, 3.05) is 26.2 Å². The Kier molecular flexibility index (Phi) is 6.72. The zero-order valence-electron chi connectivity index (χ0n) is 17.2. The molecule has 0 spiro atoms. The van der Waals surface area contributed by atoms with Crippen molar-refractivity contribution in [3.05, 3.63) is 52.7 Å². The molecular formula is C23H28ClN3O3. The highest BCUT2D eigenvalue weighted by atomic mass is 35.5. The number of carbonyl (C=O) groups excluding carboxylic acids is 2. The summed E-state index contributed by atoms with van der Waals surface area (Å²) >= 11 is 6.25. The van der Waals surface area contributed by atoms with E-state index in [9.17, 15) is 9.59 Å². The second kappa shape index (κ2) is 9.65. The van der Waals surface area contributed by atoms with Crippen molar-refractivity contribution < 1.29 is 14.0 Å². The van der Waals surface area contributed by atoms with Crippen molar-refractivity contribution in [1.29, 1.82) is 0 Å². The predicted octanol–water partition coefficient (Wildman–Crippen LogP) is 4.03. The molecule has 2 aliphatic rings. The average Bonchev–Trinajstić information content (AvgIpc) is 3.13. The van der Waals surface area contributed by atoms with Gasteiger partial charge in [-0.05, 0) is 37.3 Å². The van der Waals surface area contributed by atoms with Gasteiger partial charge in [0.15, 0.2) is 5.89 Å². The lowest BCUT2D eigenvalue weighted by Crippen LogP contribution is -2.46. The predicted molar refractivity (Wildman–Crippen MR) is 114 cm³/mol. The smallest absolute Gasteiger partial charge is 0.242 e. The molecule has 1 aromatic carbocycles. The van der Waals surface area contributed by atoms with Crippen molar-refractivity contribution in [3.63, 3.8) is 0 Å². The molecule has 0 saturated carbocycles. The number of carbonyl (C=O) groups is 2. The van der Waals surface area contributed by atoms with Gasteiger partial charge in [0, 0.05) is 37.5 Å². The molecular weight excluding hydrogens is 402 g/mol. The van der Waals surface area contributed by atoms with Crippen LogP contribution in [0.2, 0.25) is 5.02 Å². The van der Waals surface area contributed by atoms with Crippen LogP contribution >= 0.6 is 11.6 Å². The van der Waals surface area contributed by atoms with Crippen molar-refractivity contribution >= 4 is 23.4 Å². The standard InChI is InChI=1S/C23H28ClN3O3/c24-20-9-4-3-7-17(20)13-19-14-25-23(30-19)18-8-6-12-26(15-18)22(29)16-27-11-5-1-2-10-21(27)28/h3-4,7,9,14,18H,1-2,5-6,8,10-13,15-16H2. The number of amides is 2. The Balaban J connectivity index is 1.37. The molecule has 7 heteroatoms. The molecule has 30 heavy (non-hydrogen) atoms. The summed E-state index contributed by atoms with van der Waals surface area (Å²) in [5.74, 6) is 1.67. The molecule has 0 N–H and O–H groups in total. The quantitative estimate of drug-likeness (QED) is 0.719. The Labute approximate surface area is 182 Å². The third kappa shape index (κ3) is 5.04. The lowest BCUT2D eigenvalue weighted by atomic mass is 9.98. The summed E-state index contributed by atoms with van der Waals surface area (Å²) in [5.41, 5.74) is 1.00. The number of halogens is 1. The summed E-state index contributed by atoms with van der Waals surface area (Å²) in [6.45, 7) is 2.19. The second-order valence-corrected chi connectivity index (χ2v) is 8.65. The number of piperidine rings is 1. The third-order valence-electron chi connectivity index (χ3n) is 6.01. The fraction of sp³-hybridized carbons (Fsp3) is 0.522. The minimum atomic E-state index is 0.0257. The monoisotopic (exact) mass is 429 g/mol. The van der Waals surface area contributed by atoms with Crippen LogP contribution in [0.25, 0.3) is 0 Å². The number of benzene rings is 1. The van der Waals surface area contributed by atoms with Gasteiger partial charge in [-0.2, -0.15) is 0 Å². The number of aromatic nitrogens is 1. The number of rotatable bonds is 5. The fourth-order valence-corrected chi connectivity index (χ4v) is 4.50. The van der Waals surface area contributed by atoms with E-state index in [4.69, 9.17) is 16.0 Å². The maximum Gasteiger partial charge on any atom is 0.242 e. The van der Waals surface area contributed by atoms with Crippen molar-refractivity contribution in [2.24, 2.45) is 0 Å². The van der Waals surface area contributed by atoms with Gasteiger partial charge in [0.1, 0.15) is 5.76 Å². The highest BCUT2D eigenvalue weighted by Gasteiger charge is 2.29. The summed E-state index contributed by atoms with van der Waals surface area (Å²) < 4.78 is 6.02. The highest BCUT2D eigenvalue weighted by molar-refractivity contribution is 6.31. The first-order chi connectivity index (χ1) is 14.6. The second-order valence-electron chi connectivity index (χ2n) is 8.24. The first kappa shape index (κ1) is 20.9. The molecule has 2 aliphatic heterocycles. The van der Waals surface area contributed by atoms with Gasteiger partial charge in [-0.1, -0.05) is 36.2 Å². The maximum absolute atomic E-state index is 12.9. The van der Waals surface area contributed by atoms with E-state index in [1.54, 1.807) is 11.1 Å². The molecule has 0 bridgehead atoms. The van der Waals surface area contributed by atoms with Crippen LogP contribution in [-0.4, -0.2) is 52.8 Å². The SMILES string of the molecule is O=C1CCCCCN1CC(=O)N1CCCC(c2ncc(Cc3ccccc3Cl)o2)C1. The number of likely N-dealkylation sites (tertiary alicyclic amines) is 2. The first-order valence-electron chi connectivity index (χ1n) is 10.8. The number of oxazole rings is 1. The molecule has 1 unspecified atom stereocenters. The van der Waals surface area contributed by atoms with E-state index in [-0.39, 0.29) is 24.3 Å². The van der Waals surface area contributed by atoms with Crippen molar-refractivity contribution in [3.8, 4) is 0 Å². The minimum absolute atomic E-state index is 0.0257. The number of hydrogen-bond acceptors (Lipinski definition) is 4. The van der Waals surface area contributed by atoms with E-state index in [2.05, 4.69) is 4.98 Å². The molecule has 4 rings (SSSR count). The van der Waals surface area contributed by atoms with Crippen LogP contribution in [0.5, 0.6) is 0 Å². The van der Waals surface area contributed by atoms with E-state index in [0.29, 0.717) is 36.8 Å². The van der Waals surface area contributed by atoms with Gasteiger partial charge in [-0.25, -0.2) is 4.98 Å². The van der Waals surface area contributed by atoms with Gasteiger partial charge in [-0.3, -0.25) is 9.59 Å². The van der Waals surface area contributed by atoms with Crippen molar-refractivity contribution in [2.45, 2.75) is 50.9 Å². The van der Waals surface area contributed by atoms with Crippen molar-refractivity contribution in [1.82, 2.24) is 14.8 Å². The van der Waals surface area contributed by atoms with E-state index < -0.39 is 0 Å². The molecule has 2 aromatic rings. The minimum Gasteiger partial charge on any atom is -0.445 e. The van der Waals surface area contributed by atoms with Crippen LogP contribution in [0.1, 0.15) is 61.7 Å². The van der Waals surface area contributed by atoms with Gasteiger partial charge in [0.05, 0.1) is 18.7 Å². The van der Waals surface area contributed by atoms with Gasteiger partial charge in [0.2, 0.25) is 11.8 Å². The third-order valence-corrected chi connectivity index (χ3v) is 6.38. The molecule has 1 atom stereocenters. The molecule has 1 aromatic heterocycles. The topological polar surface area (TPSA) is 66.7 Å². The highest BCUT2D eigenvalue weighted by Crippen LogP contribution is 2.28. The van der Waals surface area contributed by atoms with E-state index in [1.165, 1.54) is 0 Å². The molecule has 0 aliphatic carbocycles. The van der Waals surface area contributed by atoms with Crippen LogP contribution in [0.4, 0.5) is 0 Å². The Morgan fingerprint density at radius 3 is 2.90 bits per heavy atom. The zero-order valence-corrected chi connectivity index (χ0v) is 17.9. The molecule has 6 nitrogen and oxygen atoms in total. The van der Waals surface area contributed by atoms with Crippen LogP contribution in [-0.2, 0) is 16.0 Å². The van der Waals surface area contributed by atoms with E-state index in [0.717, 1.165) is 50.0 Å². The fourth-order valence-electron chi connectivity index (χ4n) is 4.30. The molecule has 2 fully saturated rings. The Morgan fingerprint density at radius 1 is 1.17 bits per heavy atom. The van der Waals surface area contributed by atoms with Gasteiger partial charge in [0.25, 0.3) is 0 Å². The Morgan fingerprint density at radius 2 is 2.03 bits per heavy atom. The molecule has 2 amide bonds. The normalized spacial score (nSPS) is 20.3. The molecule has 160 valence electrons. The van der Waals surface area contributed by atoms with Crippen LogP contribution < -0.4 is 0 Å². The van der Waals surface area contributed by atoms with E-state index >= 15 is 0 Å². The van der Waals surface area contributed by atoms with Gasteiger partial charge in [-0.15, -0.1) is 0 Å². The number of hydrogen-bond donors (Lipinski definition) is 0. The molecule has 3 heterocycles. The summed E-state index contributed by atoms with van der Waals surface area (Å²) in [7, 11) is 0. The van der Waals surface area contributed by atoms with Crippen LogP contribution in [0.15, 0.2) is 34.9 Å². The van der Waals surface area contributed by atoms with E-state index in [1.807, 2.05) is 29.2 Å².